The van der Waals surface area contributed by atoms with Crippen LogP contribution in [0.1, 0.15) is 57.7 Å². The van der Waals surface area contributed by atoms with Gasteiger partial charge in [-0.15, -0.1) is 5.10 Å². The maximum absolute atomic E-state index is 5.50. The molecule has 1 saturated carbocycles. The zero-order valence-electron chi connectivity index (χ0n) is 16.0. The van der Waals surface area contributed by atoms with E-state index in [9.17, 15) is 0 Å². The number of ether oxygens (including phenoxy) is 1. The molecule has 2 aromatic heterocycles. The van der Waals surface area contributed by atoms with E-state index >= 15 is 0 Å². The molecule has 3 heterocycles. The molecule has 0 amide bonds. The van der Waals surface area contributed by atoms with Crippen LogP contribution in [0.2, 0.25) is 0 Å². The minimum atomic E-state index is 0.488. The van der Waals surface area contributed by atoms with Gasteiger partial charge in [0, 0.05) is 38.2 Å². The van der Waals surface area contributed by atoms with Gasteiger partial charge in [0.05, 0.1) is 13.2 Å². The van der Waals surface area contributed by atoms with Crippen LogP contribution in [0.25, 0.3) is 5.78 Å². The van der Waals surface area contributed by atoms with Crippen molar-refractivity contribution in [1.82, 2.24) is 19.6 Å². The van der Waals surface area contributed by atoms with Crippen LogP contribution in [0, 0.1) is 0 Å². The van der Waals surface area contributed by atoms with Gasteiger partial charge < -0.3 is 14.5 Å². The van der Waals surface area contributed by atoms with Crippen molar-refractivity contribution in [2.24, 2.45) is 0 Å². The number of aromatic nitrogens is 4. The zero-order chi connectivity index (χ0) is 17.9. The molecule has 0 spiro atoms. The van der Waals surface area contributed by atoms with E-state index < -0.39 is 0 Å². The molecule has 1 aliphatic carbocycles. The lowest BCUT2D eigenvalue weighted by Crippen LogP contribution is -2.37. The summed E-state index contributed by atoms with van der Waals surface area (Å²) in [7, 11) is 0. The third kappa shape index (κ3) is 3.37. The second-order valence-electron chi connectivity index (χ2n) is 7.26. The Bertz CT molecular complexity index is 729. The van der Waals surface area contributed by atoms with Gasteiger partial charge >= 0.3 is 0 Å². The molecular formula is C19H30N6O. The Balaban J connectivity index is 1.76. The molecule has 7 heteroatoms. The Kier molecular flexibility index (Phi) is 5.24. The van der Waals surface area contributed by atoms with E-state index in [1.165, 1.54) is 32.1 Å². The predicted molar refractivity (Wildman–Crippen MR) is 103 cm³/mol. The summed E-state index contributed by atoms with van der Waals surface area (Å²) in [5.41, 5.74) is 0. The second-order valence-corrected chi connectivity index (χ2v) is 7.26. The Morgan fingerprint density at radius 1 is 1.08 bits per heavy atom. The Morgan fingerprint density at radius 3 is 2.50 bits per heavy atom. The van der Waals surface area contributed by atoms with Crippen LogP contribution in [0.3, 0.4) is 0 Å². The maximum atomic E-state index is 5.50. The van der Waals surface area contributed by atoms with E-state index in [1.807, 2.05) is 4.52 Å². The number of fused-ring (bicyclic) bond motifs is 1. The first-order valence-corrected chi connectivity index (χ1v) is 10.2. The molecule has 1 aliphatic heterocycles. The van der Waals surface area contributed by atoms with Crippen LogP contribution in [0.4, 0.5) is 11.6 Å². The Hall–Kier alpha value is -1.89. The first-order valence-electron chi connectivity index (χ1n) is 10.2. The van der Waals surface area contributed by atoms with Crippen LogP contribution < -0.4 is 9.80 Å². The molecule has 142 valence electrons. The molecule has 0 radical (unpaired) electrons. The van der Waals surface area contributed by atoms with Crippen molar-refractivity contribution in [3.63, 3.8) is 0 Å². The standard InChI is InChI=1S/C19H30N6O/c1-3-23(4-2)17-14-16(24-10-12-26-13-11-24)20-19-21-18(22-25(17)19)15-8-6-5-7-9-15/h14-15H,3-13H2,1-2H3. The van der Waals surface area contributed by atoms with Gasteiger partial charge in [-0.3, -0.25) is 0 Å². The van der Waals surface area contributed by atoms with Gasteiger partial charge in [0.2, 0.25) is 0 Å². The van der Waals surface area contributed by atoms with E-state index in [0.29, 0.717) is 5.92 Å². The summed E-state index contributed by atoms with van der Waals surface area (Å²) in [6, 6.07) is 2.17. The van der Waals surface area contributed by atoms with Gasteiger partial charge in [-0.25, -0.2) is 0 Å². The highest BCUT2D eigenvalue weighted by Gasteiger charge is 2.23. The predicted octanol–water partition coefficient (Wildman–Crippen LogP) is 2.85. The highest BCUT2D eigenvalue weighted by Crippen LogP contribution is 2.32. The summed E-state index contributed by atoms with van der Waals surface area (Å²) in [5.74, 6) is 4.28. The highest BCUT2D eigenvalue weighted by molar-refractivity contribution is 5.57. The van der Waals surface area contributed by atoms with Crippen molar-refractivity contribution in [3.05, 3.63) is 11.9 Å². The van der Waals surface area contributed by atoms with Gasteiger partial charge in [-0.2, -0.15) is 14.5 Å². The molecule has 0 atom stereocenters. The molecule has 2 aromatic rings. The highest BCUT2D eigenvalue weighted by atomic mass is 16.5. The Morgan fingerprint density at radius 2 is 1.81 bits per heavy atom. The Labute approximate surface area is 155 Å². The van der Waals surface area contributed by atoms with Gasteiger partial charge in [0.1, 0.15) is 11.6 Å². The molecule has 26 heavy (non-hydrogen) atoms. The third-order valence-electron chi connectivity index (χ3n) is 5.69. The monoisotopic (exact) mass is 358 g/mol. The van der Waals surface area contributed by atoms with Crippen LogP contribution >= 0.6 is 0 Å². The molecule has 2 aliphatic rings. The number of hydrogen-bond donors (Lipinski definition) is 0. The normalized spacial score (nSPS) is 19.2. The number of morpholine rings is 1. The average molecular weight is 358 g/mol. The zero-order valence-corrected chi connectivity index (χ0v) is 16.0. The summed E-state index contributed by atoms with van der Waals surface area (Å²) in [5, 5.41) is 4.90. The largest absolute Gasteiger partial charge is 0.378 e. The molecule has 1 saturated heterocycles. The quantitative estimate of drug-likeness (QED) is 0.819. The number of anilines is 2. The van der Waals surface area contributed by atoms with E-state index in [4.69, 9.17) is 19.8 Å². The number of hydrogen-bond acceptors (Lipinski definition) is 6. The number of rotatable bonds is 5. The molecule has 4 rings (SSSR count). The lowest BCUT2D eigenvalue weighted by Gasteiger charge is -2.29. The molecule has 0 aromatic carbocycles. The summed E-state index contributed by atoms with van der Waals surface area (Å²) >= 11 is 0. The lowest BCUT2D eigenvalue weighted by atomic mass is 9.89. The second kappa shape index (κ2) is 7.78. The minimum Gasteiger partial charge on any atom is -0.378 e. The summed E-state index contributed by atoms with van der Waals surface area (Å²) in [4.78, 5) is 14.3. The molecule has 0 N–H and O–H groups in total. The lowest BCUT2D eigenvalue weighted by molar-refractivity contribution is 0.122. The van der Waals surface area contributed by atoms with Crippen LogP contribution in [0.15, 0.2) is 6.07 Å². The molecule has 2 fully saturated rings. The van der Waals surface area contributed by atoms with Crippen LogP contribution in [-0.2, 0) is 4.74 Å². The summed E-state index contributed by atoms with van der Waals surface area (Å²) in [6.07, 6.45) is 6.32. The maximum Gasteiger partial charge on any atom is 0.256 e. The van der Waals surface area contributed by atoms with Gasteiger partial charge in [0.25, 0.3) is 5.78 Å². The molecule has 7 nitrogen and oxygen atoms in total. The minimum absolute atomic E-state index is 0.488. The topological polar surface area (TPSA) is 58.8 Å². The van der Waals surface area contributed by atoms with Crippen LogP contribution in [-0.4, -0.2) is 59.0 Å². The average Bonchev–Trinajstić information content (AvgIpc) is 3.14. The fourth-order valence-electron chi connectivity index (χ4n) is 4.12. The van der Waals surface area contributed by atoms with Crippen molar-refractivity contribution in [2.75, 3.05) is 49.2 Å². The van der Waals surface area contributed by atoms with Gasteiger partial charge in [-0.05, 0) is 26.7 Å². The van der Waals surface area contributed by atoms with Crippen molar-refractivity contribution in [3.8, 4) is 0 Å². The number of nitrogens with zero attached hydrogens (tertiary/aromatic N) is 6. The molecular weight excluding hydrogens is 328 g/mol. The summed E-state index contributed by atoms with van der Waals surface area (Å²) < 4.78 is 7.46. The fourth-order valence-corrected chi connectivity index (χ4v) is 4.12. The first-order chi connectivity index (χ1) is 12.8. The molecule has 0 unspecified atom stereocenters. The van der Waals surface area contributed by atoms with E-state index in [-0.39, 0.29) is 0 Å². The van der Waals surface area contributed by atoms with E-state index in [2.05, 4.69) is 29.7 Å². The van der Waals surface area contributed by atoms with Crippen LogP contribution in [0.5, 0.6) is 0 Å². The molecule has 0 bridgehead atoms. The van der Waals surface area contributed by atoms with Crippen molar-refractivity contribution in [2.45, 2.75) is 51.9 Å². The smallest absolute Gasteiger partial charge is 0.256 e. The van der Waals surface area contributed by atoms with E-state index in [1.54, 1.807) is 0 Å². The first kappa shape index (κ1) is 17.5. The van der Waals surface area contributed by atoms with Crippen molar-refractivity contribution in [1.29, 1.82) is 0 Å². The van der Waals surface area contributed by atoms with E-state index in [0.717, 1.165) is 62.6 Å². The van der Waals surface area contributed by atoms with Crippen molar-refractivity contribution < 1.29 is 4.74 Å². The van der Waals surface area contributed by atoms with Gasteiger partial charge in [0.15, 0.2) is 5.82 Å². The fraction of sp³-hybridized carbons (Fsp3) is 0.737. The summed E-state index contributed by atoms with van der Waals surface area (Å²) in [6.45, 7) is 9.52. The SMILES string of the molecule is CCN(CC)c1cc(N2CCOCC2)nc2nc(C3CCCCC3)nn12. The third-order valence-corrected chi connectivity index (χ3v) is 5.69. The van der Waals surface area contributed by atoms with Gasteiger partial charge in [-0.1, -0.05) is 19.3 Å². The van der Waals surface area contributed by atoms with Crippen molar-refractivity contribution >= 4 is 17.4 Å².